The molecule has 0 amide bonds. The molecule has 0 saturated carbocycles. The zero-order chi connectivity index (χ0) is 8.55. The van der Waals surface area contributed by atoms with E-state index in [-0.39, 0.29) is 0 Å². The average Bonchev–Trinajstić information content (AvgIpc) is 2.54. The highest BCUT2D eigenvalue weighted by Crippen LogP contribution is 2.37. The van der Waals surface area contributed by atoms with Crippen molar-refractivity contribution in [1.82, 2.24) is 10.2 Å². The summed E-state index contributed by atoms with van der Waals surface area (Å²) in [5, 5.41) is 9.39. The van der Waals surface area contributed by atoms with Crippen LogP contribution in [0.25, 0.3) is 0 Å². The van der Waals surface area contributed by atoms with E-state index in [9.17, 15) is 0 Å². The first-order valence-electron chi connectivity index (χ1n) is 3.86. The van der Waals surface area contributed by atoms with Crippen LogP contribution in [0.5, 0.6) is 0 Å². The summed E-state index contributed by atoms with van der Waals surface area (Å²) in [4.78, 5) is 1.37. The molecular formula is C8H10N2S2. The lowest BCUT2D eigenvalue weighted by Crippen LogP contribution is -1.96. The second-order valence-corrected chi connectivity index (χ2v) is 4.60. The molecule has 4 heteroatoms. The number of aryl methyl sites for hydroxylation is 1. The zero-order valence-electron chi connectivity index (χ0n) is 7.13. The van der Waals surface area contributed by atoms with Crippen molar-refractivity contribution in [2.75, 3.05) is 12.0 Å². The number of thioether (sulfide) groups is 2. The van der Waals surface area contributed by atoms with Gasteiger partial charge in [-0.1, -0.05) is 0 Å². The van der Waals surface area contributed by atoms with Gasteiger partial charge in [-0.2, -0.15) is 5.10 Å². The Bertz CT molecular complexity index is 312. The lowest BCUT2D eigenvalue weighted by Gasteiger charge is -2.04. The number of hydrogen-bond acceptors (Lipinski definition) is 4. The van der Waals surface area contributed by atoms with Crippen LogP contribution in [0, 0.1) is 6.92 Å². The number of rotatable bonds is 1. The maximum Gasteiger partial charge on any atom is 0.132 e. The largest absolute Gasteiger partial charge is 0.154 e. The summed E-state index contributed by atoms with van der Waals surface area (Å²) >= 11 is 3.60. The molecular weight excluding hydrogens is 188 g/mol. The molecule has 0 bridgehead atoms. The van der Waals surface area contributed by atoms with Crippen LogP contribution in [-0.2, 0) is 6.42 Å². The smallest absolute Gasteiger partial charge is 0.132 e. The van der Waals surface area contributed by atoms with Gasteiger partial charge in [0.15, 0.2) is 0 Å². The van der Waals surface area contributed by atoms with Crippen LogP contribution in [0.1, 0.15) is 11.3 Å². The van der Waals surface area contributed by atoms with Crippen molar-refractivity contribution in [3.05, 3.63) is 11.3 Å². The van der Waals surface area contributed by atoms with Crippen molar-refractivity contribution < 1.29 is 0 Å². The van der Waals surface area contributed by atoms with Gasteiger partial charge in [-0.25, -0.2) is 0 Å². The molecule has 64 valence electrons. The van der Waals surface area contributed by atoms with Gasteiger partial charge in [0.25, 0.3) is 0 Å². The molecule has 2 heterocycles. The number of nitrogens with zero attached hydrogens (tertiary/aromatic N) is 2. The first-order valence-corrected chi connectivity index (χ1v) is 6.07. The fraction of sp³-hybridized carbons (Fsp3) is 0.500. The quantitative estimate of drug-likeness (QED) is 0.646. The molecule has 0 aromatic carbocycles. The first-order chi connectivity index (χ1) is 5.83. The summed E-state index contributed by atoms with van der Waals surface area (Å²) in [5.74, 6) is 1.19. The fourth-order valence-corrected chi connectivity index (χ4v) is 3.31. The Morgan fingerprint density at radius 2 is 2.25 bits per heavy atom. The van der Waals surface area contributed by atoms with E-state index < -0.39 is 0 Å². The minimum atomic E-state index is 1.10. The maximum atomic E-state index is 4.16. The number of hydrogen-bond donors (Lipinski definition) is 0. The van der Waals surface area contributed by atoms with Crippen molar-refractivity contribution in [2.24, 2.45) is 0 Å². The van der Waals surface area contributed by atoms with E-state index >= 15 is 0 Å². The SMILES string of the molecule is CSc1nnc(C)c2c1SCC2. The van der Waals surface area contributed by atoms with E-state index in [0.717, 1.165) is 17.1 Å². The van der Waals surface area contributed by atoms with Gasteiger partial charge >= 0.3 is 0 Å². The van der Waals surface area contributed by atoms with Crippen molar-refractivity contribution in [3.8, 4) is 0 Å². The maximum absolute atomic E-state index is 4.16. The van der Waals surface area contributed by atoms with Crippen LogP contribution < -0.4 is 0 Å². The minimum Gasteiger partial charge on any atom is -0.154 e. The highest BCUT2D eigenvalue weighted by atomic mass is 32.2. The second kappa shape index (κ2) is 3.26. The van der Waals surface area contributed by atoms with E-state index in [4.69, 9.17) is 0 Å². The van der Waals surface area contributed by atoms with E-state index in [2.05, 4.69) is 16.5 Å². The molecule has 1 aliphatic rings. The standard InChI is InChI=1S/C8H10N2S2/c1-5-6-3-4-12-7(6)8(11-2)10-9-5/h3-4H2,1-2H3. The van der Waals surface area contributed by atoms with Crippen molar-refractivity contribution in [2.45, 2.75) is 23.3 Å². The van der Waals surface area contributed by atoms with Crippen LogP contribution >= 0.6 is 23.5 Å². The molecule has 0 aliphatic carbocycles. The molecule has 0 fully saturated rings. The Kier molecular flexibility index (Phi) is 2.28. The summed E-state index contributed by atoms with van der Waals surface area (Å²) in [7, 11) is 0. The third-order valence-electron chi connectivity index (χ3n) is 1.99. The highest BCUT2D eigenvalue weighted by Gasteiger charge is 2.19. The second-order valence-electron chi connectivity index (χ2n) is 2.70. The summed E-state index contributed by atoms with van der Waals surface area (Å²) < 4.78 is 0. The lowest BCUT2D eigenvalue weighted by atomic mass is 10.2. The van der Waals surface area contributed by atoms with E-state index in [1.807, 2.05) is 18.7 Å². The molecule has 2 nitrogen and oxygen atoms in total. The molecule has 0 spiro atoms. The molecule has 2 rings (SSSR count). The van der Waals surface area contributed by atoms with Crippen LogP contribution in [0.4, 0.5) is 0 Å². The van der Waals surface area contributed by atoms with Crippen molar-refractivity contribution in [3.63, 3.8) is 0 Å². The molecule has 1 aromatic rings. The Hall–Kier alpha value is -0.220. The molecule has 0 radical (unpaired) electrons. The monoisotopic (exact) mass is 198 g/mol. The fourth-order valence-electron chi connectivity index (χ4n) is 1.35. The summed E-state index contributed by atoms with van der Waals surface area (Å²) in [6.45, 7) is 2.04. The Morgan fingerprint density at radius 3 is 3.00 bits per heavy atom. The summed E-state index contributed by atoms with van der Waals surface area (Å²) in [6, 6.07) is 0. The normalized spacial score (nSPS) is 14.8. The molecule has 0 unspecified atom stereocenters. The summed E-state index contributed by atoms with van der Waals surface area (Å²) in [6.07, 6.45) is 3.22. The van der Waals surface area contributed by atoms with Crippen LogP contribution in [0.15, 0.2) is 9.92 Å². The molecule has 12 heavy (non-hydrogen) atoms. The molecule has 0 N–H and O–H groups in total. The van der Waals surface area contributed by atoms with Gasteiger partial charge in [-0.3, -0.25) is 0 Å². The van der Waals surface area contributed by atoms with Gasteiger partial charge < -0.3 is 0 Å². The lowest BCUT2D eigenvalue weighted by molar-refractivity contribution is 0.822. The highest BCUT2D eigenvalue weighted by molar-refractivity contribution is 8.02. The van der Waals surface area contributed by atoms with Crippen molar-refractivity contribution in [1.29, 1.82) is 0 Å². The number of fused-ring (bicyclic) bond motifs is 1. The first kappa shape index (κ1) is 8.38. The van der Waals surface area contributed by atoms with Crippen LogP contribution in [-0.4, -0.2) is 22.2 Å². The Morgan fingerprint density at radius 1 is 1.42 bits per heavy atom. The molecule has 1 aromatic heterocycles. The average molecular weight is 198 g/mol. The zero-order valence-corrected chi connectivity index (χ0v) is 8.76. The molecule has 0 atom stereocenters. The number of aromatic nitrogens is 2. The topological polar surface area (TPSA) is 25.8 Å². The van der Waals surface area contributed by atoms with E-state index in [1.54, 1.807) is 11.8 Å². The van der Waals surface area contributed by atoms with Crippen LogP contribution in [0.2, 0.25) is 0 Å². The van der Waals surface area contributed by atoms with Gasteiger partial charge in [0.1, 0.15) is 5.03 Å². The Balaban J connectivity index is 2.57. The predicted molar refractivity (Wildman–Crippen MR) is 53.0 cm³/mol. The van der Waals surface area contributed by atoms with Gasteiger partial charge in [-0.05, 0) is 25.2 Å². The summed E-state index contributed by atoms with van der Waals surface area (Å²) in [5.41, 5.74) is 2.52. The van der Waals surface area contributed by atoms with Crippen molar-refractivity contribution >= 4 is 23.5 Å². The van der Waals surface area contributed by atoms with E-state index in [1.165, 1.54) is 16.2 Å². The van der Waals surface area contributed by atoms with Gasteiger partial charge in [0.05, 0.1) is 5.69 Å². The minimum absolute atomic E-state index is 1.10. The molecule has 1 aliphatic heterocycles. The molecule has 0 saturated heterocycles. The van der Waals surface area contributed by atoms with Gasteiger partial charge in [0, 0.05) is 10.6 Å². The van der Waals surface area contributed by atoms with E-state index in [0.29, 0.717) is 0 Å². The van der Waals surface area contributed by atoms with Gasteiger partial charge in [0.2, 0.25) is 0 Å². The third kappa shape index (κ3) is 1.23. The Labute approximate surface area is 80.5 Å². The van der Waals surface area contributed by atoms with Crippen LogP contribution in [0.3, 0.4) is 0 Å². The van der Waals surface area contributed by atoms with Gasteiger partial charge in [-0.15, -0.1) is 28.6 Å². The predicted octanol–water partition coefficient (Wildman–Crippen LogP) is 2.16. The third-order valence-corrected chi connectivity index (χ3v) is 3.93.